The standard InChI is InChI=1S/C21H26N4O/c1-14-5-7-16(8-6-14)15(2)21(26)25-11-9-18-17(13-25)12-23-20(24-18)19-4-3-10-22-19/h5-8,12,15,19,22H,3-4,9-11,13H2,1-2H3/t15-,19+/m0/s1. The fraction of sp³-hybridized carbons (Fsp3) is 0.476. The first kappa shape index (κ1) is 17.2. The molecule has 4 rings (SSSR count). The average molecular weight is 350 g/mol. The summed E-state index contributed by atoms with van der Waals surface area (Å²) in [6.07, 6.45) is 5.03. The van der Waals surface area contributed by atoms with Crippen LogP contribution < -0.4 is 5.32 Å². The molecule has 1 aromatic carbocycles. The summed E-state index contributed by atoms with van der Waals surface area (Å²) in [4.78, 5) is 24.3. The lowest BCUT2D eigenvalue weighted by molar-refractivity contribution is -0.133. The molecule has 3 heterocycles. The van der Waals surface area contributed by atoms with Crippen LogP contribution in [0, 0.1) is 6.92 Å². The van der Waals surface area contributed by atoms with Gasteiger partial charge in [0.2, 0.25) is 5.91 Å². The van der Waals surface area contributed by atoms with Gasteiger partial charge in [0.05, 0.1) is 17.7 Å². The zero-order valence-electron chi connectivity index (χ0n) is 15.5. The third-order valence-corrected chi connectivity index (χ3v) is 5.58. The number of rotatable bonds is 3. The van der Waals surface area contributed by atoms with Crippen molar-refractivity contribution in [3.63, 3.8) is 0 Å². The SMILES string of the molecule is Cc1ccc([C@H](C)C(=O)N2CCc3nc([C@H]4CCCN4)ncc3C2)cc1. The third kappa shape index (κ3) is 3.36. The fourth-order valence-corrected chi connectivity index (χ4v) is 3.86. The number of aryl methyl sites for hydroxylation is 1. The minimum absolute atomic E-state index is 0.125. The van der Waals surface area contributed by atoms with E-state index in [4.69, 9.17) is 4.98 Å². The van der Waals surface area contributed by atoms with Crippen molar-refractivity contribution in [3.8, 4) is 0 Å². The van der Waals surface area contributed by atoms with Crippen LogP contribution in [-0.4, -0.2) is 33.9 Å². The molecule has 1 N–H and O–H groups in total. The summed E-state index contributed by atoms with van der Waals surface area (Å²) in [6.45, 7) is 6.45. The molecule has 0 unspecified atom stereocenters. The minimum Gasteiger partial charge on any atom is -0.337 e. The van der Waals surface area contributed by atoms with Crippen LogP contribution in [0.2, 0.25) is 0 Å². The molecule has 0 aliphatic carbocycles. The van der Waals surface area contributed by atoms with E-state index in [1.165, 1.54) is 12.0 Å². The van der Waals surface area contributed by atoms with Crippen LogP contribution in [0.15, 0.2) is 30.5 Å². The van der Waals surface area contributed by atoms with Gasteiger partial charge in [-0.15, -0.1) is 0 Å². The number of hydrogen-bond acceptors (Lipinski definition) is 4. The molecule has 2 aliphatic heterocycles. The maximum absolute atomic E-state index is 12.9. The summed E-state index contributed by atoms with van der Waals surface area (Å²) in [5.74, 6) is 0.968. The first-order valence-electron chi connectivity index (χ1n) is 9.55. The molecule has 5 heteroatoms. The van der Waals surface area contributed by atoms with E-state index in [0.29, 0.717) is 12.6 Å². The lowest BCUT2D eigenvalue weighted by Gasteiger charge is -2.30. The number of carbonyl (C=O) groups is 1. The van der Waals surface area contributed by atoms with Crippen LogP contribution in [-0.2, 0) is 17.8 Å². The summed E-state index contributed by atoms with van der Waals surface area (Å²) in [6, 6.07) is 8.54. The monoisotopic (exact) mass is 350 g/mol. The summed E-state index contributed by atoms with van der Waals surface area (Å²) in [7, 11) is 0. The Balaban J connectivity index is 1.47. The molecule has 136 valence electrons. The van der Waals surface area contributed by atoms with Gasteiger partial charge in [0.25, 0.3) is 0 Å². The highest BCUT2D eigenvalue weighted by Gasteiger charge is 2.27. The van der Waals surface area contributed by atoms with Crippen LogP contribution in [0.5, 0.6) is 0 Å². The highest BCUT2D eigenvalue weighted by atomic mass is 16.2. The molecule has 26 heavy (non-hydrogen) atoms. The summed E-state index contributed by atoms with van der Waals surface area (Å²) in [5, 5.41) is 3.45. The topological polar surface area (TPSA) is 58.1 Å². The van der Waals surface area contributed by atoms with Crippen LogP contribution in [0.1, 0.15) is 59.9 Å². The van der Waals surface area contributed by atoms with Gasteiger partial charge in [0.15, 0.2) is 0 Å². The number of amides is 1. The lowest BCUT2D eigenvalue weighted by Crippen LogP contribution is -2.39. The van der Waals surface area contributed by atoms with E-state index in [-0.39, 0.29) is 11.8 Å². The minimum atomic E-state index is -0.125. The van der Waals surface area contributed by atoms with E-state index in [2.05, 4.69) is 41.5 Å². The first-order chi connectivity index (χ1) is 12.6. The van der Waals surface area contributed by atoms with Gasteiger partial charge in [-0.3, -0.25) is 4.79 Å². The van der Waals surface area contributed by atoms with E-state index in [0.717, 1.165) is 48.6 Å². The second kappa shape index (κ2) is 7.16. The zero-order chi connectivity index (χ0) is 18.1. The molecule has 1 aromatic heterocycles. The van der Waals surface area contributed by atoms with Crippen molar-refractivity contribution in [3.05, 3.63) is 58.7 Å². The van der Waals surface area contributed by atoms with Crippen molar-refractivity contribution in [2.75, 3.05) is 13.1 Å². The van der Waals surface area contributed by atoms with E-state index in [1.807, 2.05) is 18.0 Å². The Morgan fingerprint density at radius 2 is 2.12 bits per heavy atom. The number of carbonyl (C=O) groups excluding carboxylic acids is 1. The Labute approximate surface area is 154 Å². The van der Waals surface area contributed by atoms with Crippen LogP contribution in [0.25, 0.3) is 0 Å². The van der Waals surface area contributed by atoms with Gasteiger partial charge in [0.1, 0.15) is 5.82 Å². The molecule has 1 fully saturated rings. The van der Waals surface area contributed by atoms with Gasteiger partial charge >= 0.3 is 0 Å². The molecule has 0 saturated carbocycles. The Morgan fingerprint density at radius 3 is 2.85 bits per heavy atom. The summed E-state index contributed by atoms with van der Waals surface area (Å²) in [5.41, 5.74) is 4.48. The van der Waals surface area contributed by atoms with Crippen molar-refractivity contribution >= 4 is 5.91 Å². The van der Waals surface area contributed by atoms with Gasteiger partial charge in [0, 0.05) is 31.3 Å². The van der Waals surface area contributed by atoms with Crippen LogP contribution >= 0.6 is 0 Å². The number of hydrogen-bond donors (Lipinski definition) is 1. The van der Waals surface area contributed by atoms with E-state index in [9.17, 15) is 4.79 Å². The predicted molar refractivity (Wildman–Crippen MR) is 101 cm³/mol. The van der Waals surface area contributed by atoms with Crippen molar-refractivity contribution in [1.29, 1.82) is 0 Å². The molecular formula is C21H26N4O. The molecule has 2 atom stereocenters. The molecule has 1 saturated heterocycles. The second-order valence-corrected chi connectivity index (χ2v) is 7.49. The Hall–Kier alpha value is -2.27. The Bertz CT molecular complexity index is 796. The summed E-state index contributed by atoms with van der Waals surface area (Å²) >= 11 is 0. The molecule has 2 aromatic rings. The number of nitrogens with zero attached hydrogens (tertiary/aromatic N) is 3. The fourth-order valence-electron chi connectivity index (χ4n) is 3.86. The van der Waals surface area contributed by atoms with E-state index < -0.39 is 0 Å². The van der Waals surface area contributed by atoms with Crippen LogP contribution in [0.4, 0.5) is 0 Å². The van der Waals surface area contributed by atoms with Crippen molar-refractivity contribution in [2.45, 2.75) is 51.6 Å². The molecule has 2 aliphatic rings. The normalized spacial score (nSPS) is 20.7. The van der Waals surface area contributed by atoms with Gasteiger partial charge in [-0.1, -0.05) is 29.8 Å². The van der Waals surface area contributed by atoms with Gasteiger partial charge < -0.3 is 10.2 Å². The Morgan fingerprint density at radius 1 is 1.31 bits per heavy atom. The maximum Gasteiger partial charge on any atom is 0.230 e. The largest absolute Gasteiger partial charge is 0.337 e. The number of benzene rings is 1. The quantitative estimate of drug-likeness (QED) is 0.925. The van der Waals surface area contributed by atoms with Gasteiger partial charge in [-0.2, -0.15) is 0 Å². The van der Waals surface area contributed by atoms with Crippen LogP contribution in [0.3, 0.4) is 0 Å². The zero-order valence-corrected chi connectivity index (χ0v) is 15.5. The highest BCUT2D eigenvalue weighted by molar-refractivity contribution is 5.83. The smallest absolute Gasteiger partial charge is 0.230 e. The third-order valence-electron chi connectivity index (χ3n) is 5.58. The van der Waals surface area contributed by atoms with E-state index in [1.54, 1.807) is 0 Å². The van der Waals surface area contributed by atoms with Gasteiger partial charge in [-0.05, 0) is 38.8 Å². The molecular weight excluding hydrogens is 324 g/mol. The molecule has 0 spiro atoms. The average Bonchev–Trinajstić information content (AvgIpc) is 3.21. The van der Waals surface area contributed by atoms with E-state index >= 15 is 0 Å². The number of aromatic nitrogens is 2. The number of fused-ring (bicyclic) bond motifs is 1. The molecule has 5 nitrogen and oxygen atoms in total. The molecule has 0 bridgehead atoms. The predicted octanol–water partition coefficient (Wildman–Crippen LogP) is 2.90. The second-order valence-electron chi connectivity index (χ2n) is 7.49. The Kier molecular flexibility index (Phi) is 4.72. The van der Waals surface area contributed by atoms with Crippen molar-refractivity contribution < 1.29 is 4.79 Å². The lowest BCUT2D eigenvalue weighted by atomic mass is 9.97. The van der Waals surface area contributed by atoms with Crippen molar-refractivity contribution in [1.82, 2.24) is 20.2 Å². The maximum atomic E-state index is 12.9. The van der Waals surface area contributed by atoms with Crippen molar-refractivity contribution in [2.24, 2.45) is 0 Å². The highest BCUT2D eigenvalue weighted by Crippen LogP contribution is 2.25. The number of nitrogens with one attached hydrogen (secondary N) is 1. The first-order valence-corrected chi connectivity index (χ1v) is 9.55. The molecule has 0 radical (unpaired) electrons. The van der Waals surface area contributed by atoms with Gasteiger partial charge in [-0.25, -0.2) is 9.97 Å². The molecule has 1 amide bonds. The summed E-state index contributed by atoms with van der Waals surface area (Å²) < 4.78 is 0.